The minimum Gasteiger partial charge on any atom is -0.388 e. The summed E-state index contributed by atoms with van der Waals surface area (Å²) in [5, 5.41) is 10.3. The van der Waals surface area contributed by atoms with E-state index in [1.807, 2.05) is 0 Å². The zero-order chi connectivity index (χ0) is 31.5. The highest BCUT2D eigenvalue weighted by Crippen LogP contribution is 2.45. The lowest BCUT2D eigenvalue weighted by Gasteiger charge is -2.37. The molecule has 5 rings (SSSR count). The molecule has 0 spiro atoms. The molecule has 0 radical (unpaired) electrons. The number of hydrogen-bond acceptors (Lipinski definition) is 4. The van der Waals surface area contributed by atoms with Crippen LogP contribution in [0.4, 0.5) is 30.7 Å². The molecule has 0 saturated carbocycles. The fraction of sp³-hybridized carbons (Fsp3) is 0.533. The number of ether oxygens (including phenoxy) is 1. The maximum atomic E-state index is 13.8. The number of hydrogen-bond donors (Lipinski definition) is 1. The number of amides is 2. The van der Waals surface area contributed by atoms with Gasteiger partial charge in [-0.1, -0.05) is 12.1 Å². The summed E-state index contributed by atoms with van der Waals surface area (Å²) in [6.45, 7) is 3.42. The van der Waals surface area contributed by atoms with Gasteiger partial charge in [0.15, 0.2) is 0 Å². The summed E-state index contributed by atoms with van der Waals surface area (Å²) in [5.74, 6) is -2.48. The first-order chi connectivity index (χ1) is 19.9. The molecule has 6 atom stereocenters. The van der Waals surface area contributed by atoms with E-state index < -0.39 is 65.0 Å². The van der Waals surface area contributed by atoms with Gasteiger partial charge in [0, 0.05) is 43.9 Å². The number of β-amino-alcohol motifs (C(OH)–C–C–N with tert-alkyl or cyclic N) is 1. The van der Waals surface area contributed by atoms with E-state index >= 15 is 0 Å². The molecule has 234 valence electrons. The normalized spacial score (nSPS) is 28.7. The van der Waals surface area contributed by atoms with Gasteiger partial charge in [0.1, 0.15) is 5.82 Å². The molecule has 13 heteroatoms. The van der Waals surface area contributed by atoms with Gasteiger partial charge < -0.3 is 19.6 Å². The molecular weight excluding hydrogens is 585 g/mol. The third-order valence-corrected chi connectivity index (χ3v) is 8.69. The van der Waals surface area contributed by atoms with Crippen LogP contribution in [0.25, 0.3) is 0 Å². The van der Waals surface area contributed by atoms with Gasteiger partial charge in [-0.15, -0.1) is 0 Å². The molecule has 3 unspecified atom stereocenters. The van der Waals surface area contributed by atoms with Crippen LogP contribution < -0.4 is 0 Å². The molecule has 3 saturated heterocycles. The van der Waals surface area contributed by atoms with Crippen LogP contribution in [0.2, 0.25) is 0 Å². The van der Waals surface area contributed by atoms with Crippen molar-refractivity contribution < 1.29 is 50.2 Å². The summed E-state index contributed by atoms with van der Waals surface area (Å²) in [4.78, 5) is 29.7. The minimum atomic E-state index is -5.03. The van der Waals surface area contributed by atoms with Gasteiger partial charge in [0.2, 0.25) is 11.8 Å². The molecule has 3 aliphatic rings. The van der Waals surface area contributed by atoms with Crippen molar-refractivity contribution in [2.45, 2.75) is 75.2 Å². The van der Waals surface area contributed by atoms with Gasteiger partial charge in [0.05, 0.1) is 28.9 Å². The van der Waals surface area contributed by atoms with E-state index in [-0.39, 0.29) is 49.4 Å². The maximum Gasteiger partial charge on any atom is 0.416 e. The Morgan fingerprint density at radius 2 is 1.65 bits per heavy atom. The zero-order valence-electron chi connectivity index (χ0n) is 23.4. The van der Waals surface area contributed by atoms with Crippen molar-refractivity contribution in [2.24, 2.45) is 5.92 Å². The lowest BCUT2D eigenvalue weighted by Crippen LogP contribution is -2.48. The second kappa shape index (κ2) is 11.1. The quantitative estimate of drug-likeness (QED) is 0.438. The van der Waals surface area contributed by atoms with Crippen LogP contribution in [0.1, 0.15) is 67.4 Å². The van der Waals surface area contributed by atoms with E-state index in [2.05, 4.69) is 0 Å². The first kappa shape index (κ1) is 31.2. The highest BCUT2D eigenvalue weighted by molar-refractivity contribution is 5.88. The van der Waals surface area contributed by atoms with E-state index in [9.17, 15) is 45.4 Å². The second-order valence-corrected chi connectivity index (χ2v) is 12.0. The summed E-state index contributed by atoms with van der Waals surface area (Å²) < 4.78 is 101. The highest BCUT2D eigenvalue weighted by Gasteiger charge is 2.51. The monoisotopic (exact) mass is 616 g/mol. The van der Waals surface area contributed by atoms with Crippen LogP contribution in [-0.2, 0) is 26.7 Å². The van der Waals surface area contributed by atoms with E-state index in [0.717, 1.165) is 0 Å². The number of fused-ring (bicyclic) bond motifs is 1. The molecule has 6 nitrogen and oxygen atoms in total. The standard InChI is InChI=1S/C30H31F7N2O4/c1-16(18-9-20(29(32,33)34)13-21(10-18)30(35,36)37)43-24-14-39-23(26(24)17-3-5-22(31)6-4-17)11-19(12-25(39)40)27(41)38-8-7-28(2,42)15-38/h3-6,9-10,13,16,19,23-24,26,42H,7-8,11-12,14-15H2,1-2H3/t16-,19?,23+,24+,26?,28?/m1/s1. The fourth-order valence-corrected chi connectivity index (χ4v) is 6.53. The number of halogens is 7. The number of carbonyl (C=O) groups is 2. The summed E-state index contributed by atoms with van der Waals surface area (Å²) >= 11 is 0. The number of alkyl halides is 6. The van der Waals surface area contributed by atoms with E-state index in [1.54, 1.807) is 6.92 Å². The van der Waals surface area contributed by atoms with Crippen molar-refractivity contribution in [2.75, 3.05) is 19.6 Å². The third kappa shape index (κ3) is 6.52. The number of aliphatic hydroxyl groups is 1. The molecule has 3 aliphatic heterocycles. The van der Waals surface area contributed by atoms with Gasteiger partial charge in [-0.2, -0.15) is 26.3 Å². The van der Waals surface area contributed by atoms with Crippen LogP contribution >= 0.6 is 0 Å². The Morgan fingerprint density at radius 1 is 1.05 bits per heavy atom. The molecular formula is C30H31F7N2O4. The van der Waals surface area contributed by atoms with Crippen LogP contribution in [-0.4, -0.2) is 64.1 Å². The number of likely N-dealkylation sites (tertiary alicyclic amines) is 1. The van der Waals surface area contributed by atoms with Crippen LogP contribution in [0.5, 0.6) is 0 Å². The predicted octanol–water partition coefficient (Wildman–Crippen LogP) is 5.70. The molecule has 43 heavy (non-hydrogen) atoms. The van der Waals surface area contributed by atoms with Gasteiger partial charge >= 0.3 is 12.4 Å². The van der Waals surface area contributed by atoms with E-state index in [0.29, 0.717) is 30.7 Å². The summed E-state index contributed by atoms with van der Waals surface area (Å²) in [6.07, 6.45) is -11.6. The number of carbonyl (C=O) groups excluding carboxylic acids is 2. The molecule has 3 heterocycles. The topological polar surface area (TPSA) is 70.1 Å². The van der Waals surface area contributed by atoms with Crippen molar-refractivity contribution >= 4 is 11.8 Å². The Hall–Kier alpha value is -3.19. The molecule has 2 aromatic rings. The first-order valence-electron chi connectivity index (χ1n) is 13.9. The number of piperidine rings is 1. The van der Waals surface area contributed by atoms with Gasteiger partial charge in [0.25, 0.3) is 0 Å². The molecule has 0 bridgehead atoms. The lowest BCUT2D eigenvalue weighted by molar-refractivity contribution is -0.146. The lowest BCUT2D eigenvalue weighted by atomic mass is 9.81. The Labute approximate surface area is 243 Å². The number of nitrogens with zero attached hydrogens (tertiary/aromatic N) is 2. The largest absolute Gasteiger partial charge is 0.416 e. The van der Waals surface area contributed by atoms with Crippen molar-refractivity contribution in [3.8, 4) is 0 Å². The number of rotatable bonds is 5. The van der Waals surface area contributed by atoms with Gasteiger partial charge in [-0.3, -0.25) is 9.59 Å². The van der Waals surface area contributed by atoms with Gasteiger partial charge in [-0.25, -0.2) is 4.39 Å². The Morgan fingerprint density at radius 3 is 2.19 bits per heavy atom. The molecule has 3 fully saturated rings. The SMILES string of the molecule is C[C@@H](O[C@H]1CN2C(=O)CC(C(=O)N3CCC(C)(O)C3)C[C@H]2C1c1ccc(F)cc1)c1cc(C(F)(F)F)cc(C(F)(F)F)c1. The highest BCUT2D eigenvalue weighted by atomic mass is 19.4. The summed E-state index contributed by atoms with van der Waals surface area (Å²) in [6, 6.07) is 6.08. The molecule has 2 aromatic carbocycles. The minimum absolute atomic E-state index is 0.0136. The Bertz CT molecular complexity index is 1340. The van der Waals surface area contributed by atoms with Crippen molar-refractivity contribution in [3.63, 3.8) is 0 Å². The molecule has 0 aromatic heterocycles. The van der Waals surface area contributed by atoms with Gasteiger partial charge in [-0.05, 0) is 68.1 Å². The second-order valence-electron chi connectivity index (χ2n) is 12.0. The smallest absolute Gasteiger partial charge is 0.388 e. The predicted molar refractivity (Wildman–Crippen MR) is 139 cm³/mol. The average molecular weight is 617 g/mol. The van der Waals surface area contributed by atoms with E-state index in [1.165, 1.54) is 41.0 Å². The van der Waals surface area contributed by atoms with Crippen LogP contribution in [0.3, 0.4) is 0 Å². The fourth-order valence-electron chi connectivity index (χ4n) is 6.53. The third-order valence-electron chi connectivity index (χ3n) is 8.69. The average Bonchev–Trinajstić information content (AvgIpc) is 3.47. The van der Waals surface area contributed by atoms with Crippen LogP contribution in [0.15, 0.2) is 42.5 Å². The Balaban J connectivity index is 1.45. The summed E-state index contributed by atoms with van der Waals surface area (Å²) in [7, 11) is 0. The van der Waals surface area contributed by atoms with Crippen LogP contribution in [0, 0.1) is 11.7 Å². The Kier molecular flexibility index (Phi) is 8.04. The van der Waals surface area contributed by atoms with Crippen molar-refractivity contribution in [3.05, 3.63) is 70.5 Å². The molecule has 0 aliphatic carbocycles. The number of benzene rings is 2. The summed E-state index contributed by atoms with van der Waals surface area (Å²) in [5.41, 5.74) is -3.76. The molecule has 1 N–H and O–H groups in total. The first-order valence-corrected chi connectivity index (χ1v) is 13.9. The van der Waals surface area contributed by atoms with Crippen molar-refractivity contribution in [1.29, 1.82) is 0 Å². The zero-order valence-corrected chi connectivity index (χ0v) is 23.4. The molecule has 2 amide bonds. The van der Waals surface area contributed by atoms with Crippen molar-refractivity contribution in [1.82, 2.24) is 9.80 Å². The van der Waals surface area contributed by atoms with E-state index in [4.69, 9.17) is 4.74 Å². The maximum absolute atomic E-state index is 13.8.